The molecule has 19 heavy (non-hydrogen) atoms. The second-order valence-corrected chi connectivity index (χ2v) is 5.28. The van der Waals surface area contributed by atoms with Gasteiger partial charge in [0.1, 0.15) is 0 Å². The molecule has 0 aliphatic rings. The summed E-state index contributed by atoms with van der Waals surface area (Å²) >= 11 is 6.35. The molecule has 1 unspecified atom stereocenters. The zero-order valence-corrected chi connectivity index (χ0v) is 12.4. The van der Waals surface area contributed by atoms with Gasteiger partial charge >= 0.3 is 0 Å². The summed E-state index contributed by atoms with van der Waals surface area (Å²) in [4.78, 5) is 0. The summed E-state index contributed by atoms with van der Waals surface area (Å²) in [7, 11) is 1.92. The maximum absolute atomic E-state index is 6.35. The van der Waals surface area contributed by atoms with E-state index < -0.39 is 0 Å². The van der Waals surface area contributed by atoms with Crippen molar-refractivity contribution in [3.05, 3.63) is 51.8 Å². The molecular weight excluding hydrogens is 258 g/mol. The molecule has 0 aliphatic carbocycles. The number of rotatable bonds is 4. The number of hydrogen-bond acceptors (Lipinski definition) is 2. The minimum atomic E-state index is -0.0572. The third-order valence-corrected chi connectivity index (χ3v) is 3.86. The molecule has 1 aromatic heterocycles. The Morgan fingerprint density at radius 2 is 1.95 bits per heavy atom. The molecule has 0 aliphatic heterocycles. The maximum atomic E-state index is 6.35. The molecule has 4 heteroatoms. The Balaban J connectivity index is 2.21. The summed E-state index contributed by atoms with van der Waals surface area (Å²) in [6, 6.07) is 8.25. The van der Waals surface area contributed by atoms with E-state index in [0.29, 0.717) is 6.42 Å². The van der Waals surface area contributed by atoms with E-state index >= 15 is 0 Å². The summed E-state index contributed by atoms with van der Waals surface area (Å²) < 4.78 is 1.84. The molecular formula is C15H20ClN3. The van der Waals surface area contributed by atoms with Gasteiger partial charge < -0.3 is 5.73 Å². The van der Waals surface area contributed by atoms with E-state index in [4.69, 9.17) is 17.3 Å². The number of nitrogens with zero attached hydrogens (tertiary/aromatic N) is 2. The average molecular weight is 278 g/mol. The monoisotopic (exact) mass is 277 g/mol. The molecule has 3 nitrogen and oxygen atoms in total. The first-order valence-electron chi connectivity index (χ1n) is 6.55. The van der Waals surface area contributed by atoms with Crippen LogP contribution >= 0.6 is 11.6 Å². The molecule has 1 atom stereocenters. The molecule has 0 saturated heterocycles. The fourth-order valence-corrected chi connectivity index (χ4v) is 2.55. The van der Waals surface area contributed by atoms with E-state index in [1.165, 1.54) is 5.56 Å². The molecule has 0 radical (unpaired) electrons. The van der Waals surface area contributed by atoms with Crippen molar-refractivity contribution in [3.63, 3.8) is 0 Å². The fraction of sp³-hybridized carbons (Fsp3) is 0.400. The lowest BCUT2D eigenvalue weighted by molar-refractivity contribution is 0.638. The molecule has 1 heterocycles. The topological polar surface area (TPSA) is 43.8 Å². The van der Waals surface area contributed by atoms with Gasteiger partial charge in [0, 0.05) is 19.5 Å². The number of nitrogens with two attached hydrogens (primary N) is 1. The highest BCUT2D eigenvalue weighted by Gasteiger charge is 2.16. The summed E-state index contributed by atoms with van der Waals surface area (Å²) in [5.41, 5.74) is 10.6. The van der Waals surface area contributed by atoms with Crippen LogP contribution in [-0.4, -0.2) is 9.78 Å². The molecule has 2 N–H and O–H groups in total. The Labute approximate surface area is 119 Å². The van der Waals surface area contributed by atoms with Crippen LogP contribution < -0.4 is 5.73 Å². The smallest absolute Gasteiger partial charge is 0.0850 e. The lowest BCUT2D eigenvalue weighted by Crippen LogP contribution is -2.15. The largest absolute Gasteiger partial charge is 0.324 e. The van der Waals surface area contributed by atoms with Gasteiger partial charge in [0.2, 0.25) is 0 Å². The third kappa shape index (κ3) is 2.99. The number of aromatic nitrogens is 2. The van der Waals surface area contributed by atoms with Gasteiger partial charge in [0.15, 0.2) is 0 Å². The Morgan fingerprint density at radius 1 is 1.32 bits per heavy atom. The first-order chi connectivity index (χ1) is 9.02. The van der Waals surface area contributed by atoms with Gasteiger partial charge in [-0.3, -0.25) is 4.68 Å². The van der Waals surface area contributed by atoms with E-state index in [1.807, 2.05) is 11.7 Å². The molecule has 0 spiro atoms. The summed E-state index contributed by atoms with van der Waals surface area (Å²) in [6.45, 7) is 4.12. The van der Waals surface area contributed by atoms with E-state index in [1.54, 1.807) is 0 Å². The van der Waals surface area contributed by atoms with E-state index in [-0.39, 0.29) is 6.04 Å². The second-order valence-electron chi connectivity index (χ2n) is 4.91. The first kappa shape index (κ1) is 14.1. The van der Waals surface area contributed by atoms with Gasteiger partial charge in [0.05, 0.1) is 16.4 Å². The zero-order valence-electron chi connectivity index (χ0n) is 11.7. The van der Waals surface area contributed by atoms with Crippen molar-refractivity contribution in [1.82, 2.24) is 9.78 Å². The Hall–Kier alpha value is -1.32. The summed E-state index contributed by atoms with van der Waals surface area (Å²) in [6.07, 6.45) is 1.54. The van der Waals surface area contributed by atoms with Crippen molar-refractivity contribution in [1.29, 1.82) is 0 Å². The maximum Gasteiger partial charge on any atom is 0.0850 e. The average Bonchev–Trinajstić information content (AvgIpc) is 2.67. The Morgan fingerprint density at radius 3 is 2.47 bits per heavy atom. The SMILES string of the molecule is CCc1nn(C)c(CC(N)c2ccc(C)cc2)c1Cl. The van der Waals surface area contributed by atoms with Crippen LogP contribution in [0.15, 0.2) is 24.3 Å². The number of hydrogen-bond donors (Lipinski definition) is 1. The number of aryl methyl sites for hydroxylation is 3. The highest BCUT2D eigenvalue weighted by atomic mass is 35.5. The number of halogens is 1. The molecule has 0 amide bonds. The minimum Gasteiger partial charge on any atom is -0.324 e. The van der Waals surface area contributed by atoms with Crippen LogP contribution in [0.25, 0.3) is 0 Å². The van der Waals surface area contributed by atoms with Crippen LogP contribution in [0.2, 0.25) is 5.02 Å². The minimum absolute atomic E-state index is 0.0572. The molecule has 102 valence electrons. The van der Waals surface area contributed by atoms with Crippen LogP contribution in [-0.2, 0) is 19.9 Å². The van der Waals surface area contributed by atoms with Crippen LogP contribution in [0.3, 0.4) is 0 Å². The van der Waals surface area contributed by atoms with Crippen molar-refractivity contribution in [2.24, 2.45) is 12.8 Å². The third-order valence-electron chi connectivity index (χ3n) is 3.42. The Kier molecular flexibility index (Phi) is 4.27. The van der Waals surface area contributed by atoms with Gasteiger partial charge in [0.25, 0.3) is 0 Å². The molecule has 0 bridgehead atoms. The standard InChI is InChI=1S/C15H20ClN3/c1-4-13-15(16)14(19(3)18-13)9-12(17)11-7-5-10(2)6-8-11/h5-8,12H,4,9,17H2,1-3H3. The van der Waals surface area contributed by atoms with E-state index in [0.717, 1.165) is 28.4 Å². The van der Waals surface area contributed by atoms with E-state index in [2.05, 4.69) is 43.2 Å². The predicted molar refractivity (Wildman–Crippen MR) is 79.4 cm³/mol. The molecule has 0 saturated carbocycles. The van der Waals surface area contributed by atoms with Crippen molar-refractivity contribution in [3.8, 4) is 0 Å². The summed E-state index contributed by atoms with van der Waals surface area (Å²) in [5, 5.41) is 5.18. The van der Waals surface area contributed by atoms with Crippen molar-refractivity contribution < 1.29 is 0 Å². The molecule has 2 rings (SSSR count). The van der Waals surface area contributed by atoms with E-state index in [9.17, 15) is 0 Å². The van der Waals surface area contributed by atoms with Crippen LogP contribution in [0.4, 0.5) is 0 Å². The lowest BCUT2D eigenvalue weighted by Gasteiger charge is -2.13. The quantitative estimate of drug-likeness (QED) is 0.933. The first-order valence-corrected chi connectivity index (χ1v) is 6.93. The molecule has 2 aromatic rings. The van der Waals surface area contributed by atoms with Gasteiger partial charge in [-0.05, 0) is 18.9 Å². The number of benzene rings is 1. The lowest BCUT2D eigenvalue weighted by atomic mass is 10.0. The highest BCUT2D eigenvalue weighted by molar-refractivity contribution is 6.31. The van der Waals surface area contributed by atoms with Gasteiger partial charge in [-0.25, -0.2) is 0 Å². The zero-order chi connectivity index (χ0) is 14.0. The van der Waals surface area contributed by atoms with Crippen LogP contribution in [0.1, 0.15) is 35.5 Å². The van der Waals surface area contributed by atoms with Crippen LogP contribution in [0.5, 0.6) is 0 Å². The van der Waals surface area contributed by atoms with Crippen LogP contribution in [0, 0.1) is 6.92 Å². The second kappa shape index (κ2) is 5.76. The van der Waals surface area contributed by atoms with Crippen molar-refractivity contribution in [2.75, 3.05) is 0 Å². The normalized spacial score (nSPS) is 12.7. The fourth-order valence-electron chi connectivity index (χ4n) is 2.18. The molecule has 1 aromatic carbocycles. The highest BCUT2D eigenvalue weighted by Crippen LogP contribution is 2.25. The van der Waals surface area contributed by atoms with Gasteiger partial charge in [-0.2, -0.15) is 5.10 Å². The predicted octanol–water partition coefficient (Wildman–Crippen LogP) is 3.19. The Bertz CT molecular complexity index is 558. The van der Waals surface area contributed by atoms with Crippen molar-refractivity contribution in [2.45, 2.75) is 32.7 Å². The molecule has 0 fully saturated rings. The van der Waals surface area contributed by atoms with Gasteiger partial charge in [-0.1, -0.05) is 48.4 Å². The summed E-state index contributed by atoms with van der Waals surface area (Å²) in [5.74, 6) is 0. The van der Waals surface area contributed by atoms with Crippen molar-refractivity contribution >= 4 is 11.6 Å². The van der Waals surface area contributed by atoms with Gasteiger partial charge in [-0.15, -0.1) is 0 Å².